The SMILES string of the molecule is Cc1occc1C(=O)NNC(=O)c1ccc([N+](=O)[O-])cc1. The Morgan fingerprint density at radius 3 is 2.24 bits per heavy atom. The zero-order valence-electron chi connectivity index (χ0n) is 11.0. The smallest absolute Gasteiger partial charge is 0.273 e. The second-order valence-electron chi connectivity index (χ2n) is 4.10. The minimum Gasteiger partial charge on any atom is -0.469 e. The van der Waals surface area contributed by atoms with Gasteiger partial charge < -0.3 is 4.42 Å². The van der Waals surface area contributed by atoms with Crippen molar-refractivity contribution in [3.8, 4) is 0 Å². The molecule has 2 aromatic rings. The number of carbonyl (C=O) groups is 2. The fourth-order valence-electron chi connectivity index (χ4n) is 1.61. The Kier molecular flexibility index (Phi) is 3.98. The molecule has 0 fully saturated rings. The number of nitro benzene ring substituents is 1. The van der Waals surface area contributed by atoms with Gasteiger partial charge in [-0.15, -0.1) is 0 Å². The lowest BCUT2D eigenvalue weighted by Gasteiger charge is -2.06. The number of rotatable bonds is 3. The average molecular weight is 289 g/mol. The van der Waals surface area contributed by atoms with Crippen LogP contribution in [0, 0.1) is 17.0 Å². The molecule has 8 heteroatoms. The van der Waals surface area contributed by atoms with Crippen LogP contribution in [0.15, 0.2) is 41.0 Å². The minimum atomic E-state index is -0.584. The third-order valence-corrected chi connectivity index (χ3v) is 2.73. The van der Waals surface area contributed by atoms with Gasteiger partial charge in [0.15, 0.2) is 0 Å². The number of nitrogens with zero attached hydrogens (tertiary/aromatic N) is 1. The van der Waals surface area contributed by atoms with E-state index in [4.69, 9.17) is 4.42 Å². The van der Waals surface area contributed by atoms with Crippen LogP contribution >= 0.6 is 0 Å². The summed E-state index contributed by atoms with van der Waals surface area (Å²) in [6.07, 6.45) is 1.36. The van der Waals surface area contributed by atoms with Crippen LogP contribution in [0.1, 0.15) is 26.5 Å². The van der Waals surface area contributed by atoms with Crippen LogP contribution in [0.5, 0.6) is 0 Å². The zero-order chi connectivity index (χ0) is 15.4. The van der Waals surface area contributed by atoms with Crippen molar-refractivity contribution in [3.63, 3.8) is 0 Å². The van der Waals surface area contributed by atoms with Gasteiger partial charge in [-0.25, -0.2) is 0 Å². The lowest BCUT2D eigenvalue weighted by molar-refractivity contribution is -0.384. The number of nitro groups is 1. The molecule has 0 aliphatic carbocycles. The molecule has 0 bridgehead atoms. The van der Waals surface area contributed by atoms with Crippen LogP contribution < -0.4 is 10.9 Å². The van der Waals surface area contributed by atoms with E-state index < -0.39 is 16.7 Å². The van der Waals surface area contributed by atoms with Gasteiger partial charge in [-0.1, -0.05) is 0 Å². The third kappa shape index (κ3) is 3.24. The first kappa shape index (κ1) is 14.3. The first-order chi connectivity index (χ1) is 9.99. The highest BCUT2D eigenvalue weighted by Crippen LogP contribution is 2.11. The molecule has 0 aliphatic rings. The maximum Gasteiger partial charge on any atom is 0.273 e. The lowest BCUT2D eigenvalue weighted by atomic mass is 10.2. The summed E-state index contributed by atoms with van der Waals surface area (Å²) in [7, 11) is 0. The van der Waals surface area contributed by atoms with Gasteiger partial charge in [0.25, 0.3) is 17.5 Å². The van der Waals surface area contributed by atoms with Gasteiger partial charge in [0.05, 0.1) is 16.7 Å². The molecule has 0 saturated carbocycles. The van der Waals surface area contributed by atoms with Gasteiger partial charge in [0.2, 0.25) is 0 Å². The maximum absolute atomic E-state index is 11.8. The quantitative estimate of drug-likeness (QED) is 0.657. The summed E-state index contributed by atoms with van der Waals surface area (Å²) < 4.78 is 4.98. The topological polar surface area (TPSA) is 114 Å². The van der Waals surface area contributed by atoms with Crippen LogP contribution in [0.4, 0.5) is 5.69 Å². The predicted molar refractivity (Wildman–Crippen MR) is 71.5 cm³/mol. The number of benzene rings is 1. The molecule has 108 valence electrons. The van der Waals surface area contributed by atoms with Crippen molar-refractivity contribution in [2.45, 2.75) is 6.92 Å². The first-order valence-corrected chi connectivity index (χ1v) is 5.88. The Morgan fingerprint density at radius 2 is 1.71 bits per heavy atom. The molecule has 1 aromatic heterocycles. The zero-order valence-corrected chi connectivity index (χ0v) is 11.0. The number of non-ortho nitro benzene ring substituents is 1. The van der Waals surface area contributed by atoms with E-state index in [0.29, 0.717) is 11.3 Å². The van der Waals surface area contributed by atoms with Crippen molar-refractivity contribution >= 4 is 17.5 Å². The highest BCUT2D eigenvalue weighted by Gasteiger charge is 2.13. The van der Waals surface area contributed by atoms with Crippen LogP contribution in [-0.4, -0.2) is 16.7 Å². The molecule has 1 aromatic carbocycles. The summed E-state index contributed by atoms with van der Waals surface area (Å²) in [5, 5.41) is 10.5. The van der Waals surface area contributed by atoms with Crippen molar-refractivity contribution in [1.82, 2.24) is 10.9 Å². The molecule has 2 rings (SSSR count). The second kappa shape index (κ2) is 5.87. The summed E-state index contributed by atoms with van der Waals surface area (Å²) in [5.74, 6) is -0.673. The molecule has 0 saturated heterocycles. The van der Waals surface area contributed by atoms with Crippen LogP contribution in [0.3, 0.4) is 0 Å². The van der Waals surface area contributed by atoms with E-state index in [1.165, 1.54) is 36.6 Å². The minimum absolute atomic E-state index is 0.121. The molecule has 0 radical (unpaired) electrons. The van der Waals surface area contributed by atoms with Gasteiger partial charge in [0, 0.05) is 17.7 Å². The molecular formula is C13H11N3O5. The van der Waals surface area contributed by atoms with E-state index in [9.17, 15) is 19.7 Å². The molecule has 0 atom stereocenters. The molecule has 8 nitrogen and oxygen atoms in total. The van der Waals surface area contributed by atoms with E-state index in [1.54, 1.807) is 6.92 Å². The highest BCUT2D eigenvalue weighted by atomic mass is 16.6. The lowest BCUT2D eigenvalue weighted by Crippen LogP contribution is -2.41. The highest BCUT2D eigenvalue weighted by molar-refractivity contribution is 5.99. The number of amides is 2. The predicted octanol–water partition coefficient (Wildman–Crippen LogP) is 1.57. The Labute approximate surface area is 118 Å². The fraction of sp³-hybridized carbons (Fsp3) is 0.0769. The largest absolute Gasteiger partial charge is 0.469 e. The number of carbonyl (C=O) groups excluding carboxylic acids is 2. The number of hydrogen-bond acceptors (Lipinski definition) is 5. The summed E-state index contributed by atoms with van der Waals surface area (Å²) in [6.45, 7) is 1.62. The Hall–Kier alpha value is -3.16. The van der Waals surface area contributed by atoms with Crippen LogP contribution in [-0.2, 0) is 0 Å². The van der Waals surface area contributed by atoms with E-state index in [-0.39, 0.29) is 11.3 Å². The molecule has 2 amide bonds. The molecular weight excluding hydrogens is 278 g/mol. The van der Waals surface area contributed by atoms with E-state index in [1.807, 2.05) is 0 Å². The van der Waals surface area contributed by atoms with Crippen molar-refractivity contribution in [2.24, 2.45) is 0 Å². The van der Waals surface area contributed by atoms with Gasteiger partial charge in [-0.2, -0.15) is 0 Å². The molecule has 1 heterocycles. The van der Waals surface area contributed by atoms with Gasteiger partial charge in [0.1, 0.15) is 5.76 Å². The standard InChI is InChI=1S/C13H11N3O5/c1-8-11(6-7-21-8)13(18)15-14-12(17)9-2-4-10(5-3-9)16(19)20/h2-7H,1H3,(H,14,17)(H,15,18). The normalized spacial score (nSPS) is 9.95. The van der Waals surface area contributed by atoms with E-state index in [0.717, 1.165) is 0 Å². The Balaban J connectivity index is 1.97. The Morgan fingerprint density at radius 1 is 1.10 bits per heavy atom. The Bertz CT molecular complexity index is 690. The summed E-state index contributed by atoms with van der Waals surface area (Å²) in [5.41, 5.74) is 4.81. The number of hydrogen-bond donors (Lipinski definition) is 2. The molecule has 0 spiro atoms. The van der Waals surface area contributed by atoms with Crippen LogP contribution in [0.2, 0.25) is 0 Å². The average Bonchev–Trinajstić information content (AvgIpc) is 2.90. The van der Waals surface area contributed by atoms with Gasteiger partial charge >= 0.3 is 0 Å². The maximum atomic E-state index is 11.8. The van der Waals surface area contributed by atoms with E-state index in [2.05, 4.69) is 10.9 Å². The molecule has 21 heavy (non-hydrogen) atoms. The number of aryl methyl sites for hydroxylation is 1. The summed E-state index contributed by atoms with van der Waals surface area (Å²) in [4.78, 5) is 33.4. The monoisotopic (exact) mass is 289 g/mol. The fourth-order valence-corrected chi connectivity index (χ4v) is 1.61. The molecule has 0 unspecified atom stereocenters. The number of furan rings is 1. The van der Waals surface area contributed by atoms with Crippen molar-refractivity contribution in [3.05, 3.63) is 63.6 Å². The third-order valence-electron chi connectivity index (χ3n) is 2.73. The summed E-state index contributed by atoms with van der Waals surface area (Å²) >= 11 is 0. The van der Waals surface area contributed by atoms with Crippen molar-refractivity contribution < 1.29 is 18.9 Å². The molecule has 0 aliphatic heterocycles. The van der Waals surface area contributed by atoms with Crippen molar-refractivity contribution in [2.75, 3.05) is 0 Å². The second-order valence-corrected chi connectivity index (χ2v) is 4.10. The van der Waals surface area contributed by atoms with Crippen LogP contribution in [0.25, 0.3) is 0 Å². The number of nitrogens with one attached hydrogen (secondary N) is 2. The number of hydrazine groups is 1. The van der Waals surface area contributed by atoms with Gasteiger partial charge in [-0.05, 0) is 25.1 Å². The summed E-state index contributed by atoms with van der Waals surface area (Å²) in [6, 6.07) is 6.47. The molecule has 2 N–H and O–H groups in total. The van der Waals surface area contributed by atoms with Crippen molar-refractivity contribution in [1.29, 1.82) is 0 Å². The van der Waals surface area contributed by atoms with E-state index >= 15 is 0 Å². The first-order valence-electron chi connectivity index (χ1n) is 5.88. The van der Waals surface area contributed by atoms with Gasteiger partial charge in [-0.3, -0.25) is 30.6 Å².